The van der Waals surface area contributed by atoms with Crippen molar-refractivity contribution < 1.29 is 9.59 Å². The molecule has 6 nitrogen and oxygen atoms in total. The van der Waals surface area contributed by atoms with Crippen molar-refractivity contribution in [1.29, 1.82) is 0 Å². The maximum Gasteiger partial charge on any atom is 0.327 e. The van der Waals surface area contributed by atoms with Crippen molar-refractivity contribution >= 4 is 18.0 Å². The summed E-state index contributed by atoms with van der Waals surface area (Å²) in [6.07, 6.45) is 7.31. The average molecular weight is 467 g/mol. The van der Waals surface area contributed by atoms with E-state index in [4.69, 9.17) is 5.10 Å². The highest BCUT2D eigenvalue weighted by Crippen LogP contribution is 2.58. The summed E-state index contributed by atoms with van der Waals surface area (Å²) >= 11 is 0. The molecule has 6 heteroatoms. The number of benzene rings is 2. The van der Waals surface area contributed by atoms with Crippen LogP contribution in [0.3, 0.4) is 0 Å². The van der Waals surface area contributed by atoms with Crippen molar-refractivity contribution in [3.63, 3.8) is 0 Å². The number of hydrogen-bond acceptors (Lipinski definition) is 3. The number of aromatic nitrogens is 2. The molecule has 35 heavy (non-hydrogen) atoms. The molecular weight excluding hydrogens is 436 g/mol. The lowest BCUT2D eigenvalue weighted by Gasteiger charge is -2.54. The lowest BCUT2D eigenvalue weighted by molar-refractivity contribution is -0.140. The van der Waals surface area contributed by atoms with Crippen molar-refractivity contribution in [3.05, 3.63) is 88.8 Å². The number of imide groups is 1. The van der Waals surface area contributed by atoms with Crippen LogP contribution in [-0.4, -0.2) is 44.1 Å². The standard InChI is InChI=1S/C29H30N4O2/c1-20-11-13-24(14-12-20)33-25-16-23-10-7-15-29(28(23,2)17-22(25)18-30-33)26(34)31(3)27(35)32(29)19-21-8-5-4-6-9-21/h4-6,8-9,11-14,16,18H,7,10,15,17,19H2,1-3H3/t28-,29-/m0/s1. The average Bonchev–Trinajstić information content (AvgIpc) is 3.34. The molecule has 2 fully saturated rings. The third-order valence-corrected chi connectivity index (χ3v) is 8.45. The van der Waals surface area contributed by atoms with Gasteiger partial charge in [-0.3, -0.25) is 9.69 Å². The van der Waals surface area contributed by atoms with Crippen molar-refractivity contribution in [3.8, 4) is 5.69 Å². The first-order valence-electron chi connectivity index (χ1n) is 12.3. The van der Waals surface area contributed by atoms with Crippen LogP contribution in [0, 0.1) is 12.3 Å². The molecular formula is C29H30N4O2. The number of carbonyl (C=O) groups is 2. The number of amides is 3. The Morgan fingerprint density at radius 3 is 2.51 bits per heavy atom. The quantitative estimate of drug-likeness (QED) is 0.502. The molecule has 178 valence electrons. The van der Waals surface area contributed by atoms with Crippen LogP contribution in [-0.2, 0) is 17.8 Å². The lowest BCUT2D eigenvalue weighted by atomic mass is 9.54. The lowest BCUT2D eigenvalue weighted by Crippen LogP contribution is -2.63. The topological polar surface area (TPSA) is 58.4 Å². The predicted octanol–water partition coefficient (Wildman–Crippen LogP) is 5.14. The third-order valence-electron chi connectivity index (χ3n) is 8.45. The highest BCUT2D eigenvalue weighted by atomic mass is 16.2. The fourth-order valence-electron chi connectivity index (χ4n) is 6.53. The summed E-state index contributed by atoms with van der Waals surface area (Å²) in [5.74, 6) is -0.0825. The minimum Gasteiger partial charge on any atom is -0.304 e. The fraction of sp³-hybridized carbons (Fsp3) is 0.345. The van der Waals surface area contributed by atoms with E-state index in [9.17, 15) is 9.59 Å². The molecule has 3 aromatic rings. The molecule has 1 aliphatic heterocycles. The summed E-state index contributed by atoms with van der Waals surface area (Å²) in [7, 11) is 1.63. The van der Waals surface area contributed by atoms with Gasteiger partial charge in [-0.1, -0.05) is 60.5 Å². The zero-order valence-electron chi connectivity index (χ0n) is 20.5. The number of nitrogens with zero attached hydrogens (tertiary/aromatic N) is 4. The number of fused-ring (bicyclic) bond motifs is 3. The van der Waals surface area contributed by atoms with Crippen LogP contribution in [0.1, 0.15) is 48.6 Å². The highest BCUT2D eigenvalue weighted by Gasteiger charge is 2.67. The van der Waals surface area contributed by atoms with Crippen molar-refractivity contribution in [1.82, 2.24) is 19.6 Å². The maximum atomic E-state index is 13.9. The predicted molar refractivity (Wildman–Crippen MR) is 135 cm³/mol. The summed E-state index contributed by atoms with van der Waals surface area (Å²) in [5.41, 5.74) is 5.31. The largest absolute Gasteiger partial charge is 0.327 e. The summed E-state index contributed by atoms with van der Waals surface area (Å²) in [6, 6.07) is 18.1. The van der Waals surface area contributed by atoms with E-state index in [0.717, 1.165) is 35.3 Å². The van der Waals surface area contributed by atoms with Gasteiger partial charge in [-0.15, -0.1) is 0 Å². The van der Waals surface area contributed by atoms with E-state index in [2.05, 4.69) is 44.2 Å². The molecule has 1 saturated heterocycles. The maximum absolute atomic E-state index is 13.9. The van der Waals surface area contributed by atoms with E-state index in [1.807, 2.05) is 46.1 Å². The van der Waals surface area contributed by atoms with Crippen LogP contribution in [0.2, 0.25) is 0 Å². The molecule has 3 aliphatic rings. The second-order valence-corrected chi connectivity index (χ2v) is 10.4. The van der Waals surface area contributed by atoms with E-state index >= 15 is 0 Å². The first-order chi connectivity index (χ1) is 16.8. The minimum atomic E-state index is -0.900. The Balaban J connectivity index is 1.46. The summed E-state index contributed by atoms with van der Waals surface area (Å²) in [6.45, 7) is 4.69. The van der Waals surface area contributed by atoms with Gasteiger partial charge in [0.2, 0.25) is 0 Å². The number of likely N-dealkylation sites (N-methyl/N-ethyl adjacent to an activating group) is 1. The molecule has 0 bridgehead atoms. The molecule has 2 aliphatic carbocycles. The summed E-state index contributed by atoms with van der Waals surface area (Å²) < 4.78 is 2.00. The van der Waals surface area contributed by atoms with Gasteiger partial charge in [-0.25, -0.2) is 9.48 Å². The van der Waals surface area contributed by atoms with E-state index in [1.165, 1.54) is 16.0 Å². The first-order valence-corrected chi connectivity index (χ1v) is 12.3. The van der Waals surface area contributed by atoms with Gasteiger partial charge >= 0.3 is 6.03 Å². The minimum absolute atomic E-state index is 0.0825. The molecule has 2 atom stereocenters. The third kappa shape index (κ3) is 2.98. The Morgan fingerprint density at radius 2 is 1.77 bits per heavy atom. The van der Waals surface area contributed by atoms with Crippen LogP contribution in [0.5, 0.6) is 0 Å². The number of rotatable bonds is 3. The van der Waals surface area contributed by atoms with Gasteiger partial charge in [0, 0.05) is 19.0 Å². The first kappa shape index (κ1) is 21.8. The smallest absolute Gasteiger partial charge is 0.304 e. The zero-order chi connectivity index (χ0) is 24.4. The molecule has 3 amide bonds. The Kier molecular flexibility index (Phi) is 4.78. The number of carbonyl (C=O) groups excluding carboxylic acids is 2. The Morgan fingerprint density at radius 1 is 1.03 bits per heavy atom. The van der Waals surface area contributed by atoms with Gasteiger partial charge < -0.3 is 4.90 Å². The van der Waals surface area contributed by atoms with E-state index < -0.39 is 11.0 Å². The molecule has 0 radical (unpaired) electrons. The Bertz CT molecular complexity index is 1360. The molecule has 1 aromatic heterocycles. The molecule has 2 heterocycles. The van der Waals surface area contributed by atoms with Crippen LogP contribution >= 0.6 is 0 Å². The number of hydrogen-bond donors (Lipinski definition) is 0. The van der Waals surface area contributed by atoms with Crippen molar-refractivity contribution in [2.75, 3.05) is 7.05 Å². The van der Waals surface area contributed by atoms with Crippen LogP contribution in [0.15, 0.2) is 66.4 Å². The monoisotopic (exact) mass is 466 g/mol. The molecule has 1 saturated carbocycles. The fourth-order valence-corrected chi connectivity index (χ4v) is 6.53. The second-order valence-electron chi connectivity index (χ2n) is 10.4. The summed E-state index contributed by atoms with van der Waals surface area (Å²) in [5, 5.41) is 4.73. The number of urea groups is 1. The van der Waals surface area contributed by atoms with Gasteiger partial charge in [-0.2, -0.15) is 5.10 Å². The van der Waals surface area contributed by atoms with E-state index in [1.54, 1.807) is 7.05 Å². The molecule has 0 N–H and O–H groups in total. The normalized spacial score (nSPS) is 25.6. The van der Waals surface area contributed by atoms with Gasteiger partial charge in [0.15, 0.2) is 0 Å². The van der Waals surface area contributed by atoms with Gasteiger partial charge in [0.1, 0.15) is 5.54 Å². The van der Waals surface area contributed by atoms with E-state index in [-0.39, 0.29) is 11.9 Å². The zero-order valence-corrected chi connectivity index (χ0v) is 20.5. The van der Waals surface area contributed by atoms with Gasteiger partial charge in [-0.05, 0) is 61.9 Å². The molecule has 2 aromatic carbocycles. The van der Waals surface area contributed by atoms with E-state index in [0.29, 0.717) is 19.4 Å². The summed E-state index contributed by atoms with van der Waals surface area (Å²) in [4.78, 5) is 30.6. The van der Waals surface area contributed by atoms with Gasteiger partial charge in [0.05, 0.1) is 17.6 Å². The van der Waals surface area contributed by atoms with Crippen LogP contribution in [0.4, 0.5) is 4.79 Å². The second kappa shape index (κ2) is 7.67. The molecule has 6 rings (SSSR count). The number of aryl methyl sites for hydroxylation is 1. The van der Waals surface area contributed by atoms with Crippen LogP contribution in [0.25, 0.3) is 11.8 Å². The Hall–Kier alpha value is -3.67. The van der Waals surface area contributed by atoms with Crippen LogP contribution < -0.4 is 0 Å². The molecule has 0 unspecified atom stereocenters. The SMILES string of the molecule is Cc1ccc(-n2ncc3c2C=C2CCC[C@]4(C(=O)N(C)C(=O)N4Cc4ccccc4)[C@@]2(C)C3)cc1. The van der Waals surface area contributed by atoms with Gasteiger partial charge in [0.25, 0.3) is 5.91 Å². The molecule has 1 spiro atoms. The highest BCUT2D eigenvalue weighted by molar-refractivity contribution is 6.08. The Labute approximate surface area is 205 Å². The van der Waals surface area contributed by atoms with Crippen molar-refractivity contribution in [2.24, 2.45) is 5.41 Å². The van der Waals surface area contributed by atoms with Crippen molar-refractivity contribution in [2.45, 2.75) is 51.6 Å².